The van der Waals surface area contributed by atoms with Crippen molar-refractivity contribution in [3.05, 3.63) is 23.2 Å². The van der Waals surface area contributed by atoms with Gasteiger partial charge < -0.3 is 23.7 Å². The Morgan fingerprint density at radius 2 is 1.70 bits per heavy atom. The molecular formula is C20H28N2O5. The monoisotopic (exact) mass is 376 g/mol. The van der Waals surface area contributed by atoms with Crippen LogP contribution in [0.2, 0.25) is 0 Å². The fourth-order valence-corrected chi connectivity index (χ4v) is 4.77. The number of likely N-dealkylation sites (tertiary alicyclic amines) is 1. The summed E-state index contributed by atoms with van der Waals surface area (Å²) in [4.78, 5) is 30.2. The molecule has 1 aromatic rings. The van der Waals surface area contributed by atoms with Crippen LogP contribution in [0.1, 0.15) is 34.7 Å². The molecule has 0 saturated carbocycles. The Labute approximate surface area is 159 Å². The van der Waals surface area contributed by atoms with Gasteiger partial charge in [-0.05, 0) is 32.8 Å². The summed E-state index contributed by atoms with van der Waals surface area (Å²) in [6.45, 7) is 8.49. The summed E-state index contributed by atoms with van der Waals surface area (Å²) < 4.78 is 16.5. The van der Waals surface area contributed by atoms with Crippen LogP contribution in [0.3, 0.4) is 0 Å². The van der Waals surface area contributed by atoms with E-state index in [0.717, 1.165) is 18.6 Å². The molecule has 3 aliphatic heterocycles. The van der Waals surface area contributed by atoms with Gasteiger partial charge in [0.25, 0.3) is 5.91 Å². The second-order valence-corrected chi connectivity index (χ2v) is 7.98. The summed E-state index contributed by atoms with van der Waals surface area (Å²) in [5.41, 5.74) is 0.421. The molecule has 0 bridgehead atoms. The maximum Gasteiger partial charge on any atom is 0.257 e. The Bertz CT molecular complexity index is 716. The number of hydrogen-bond acceptors (Lipinski definition) is 5. The summed E-state index contributed by atoms with van der Waals surface area (Å²) in [7, 11) is 0. The Balaban J connectivity index is 1.58. The van der Waals surface area contributed by atoms with E-state index in [1.54, 1.807) is 6.07 Å². The Morgan fingerprint density at radius 3 is 2.33 bits per heavy atom. The van der Waals surface area contributed by atoms with Gasteiger partial charge in [-0.15, -0.1) is 0 Å². The summed E-state index contributed by atoms with van der Waals surface area (Å²) in [6, 6.07) is 1.80. The van der Waals surface area contributed by atoms with Crippen LogP contribution in [0.15, 0.2) is 10.5 Å². The first-order chi connectivity index (χ1) is 13.0. The van der Waals surface area contributed by atoms with Gasteiger partial charge in [-0.3, -0.25) is 9.59 Å². The first kappa shape index (κ1) is 18.5. The van der Waals surface area contributed by atoms with Gasteiger partial charge in [0.05, 0.1) is 24.7 Å². The van der Waals surface area contributed by atoms with E-state index in [0.29, 0.717) is 63.9 Å². The highest BCUT2D eigenvalue weighted by atomic mass is 16.5. The van der Waals surface area contributed by atoms with Crippen LogP contribution in [0.4, 0.5) is 0 Å². The van der Waals surface area contributed by atoms with Crippen molar-refractivity contribution < 1.29 is 23.5 Å². The zero-order valence-electron chi connectivity index (χ0n) is 16.2. The van der Waals surface area contributed by atoms with Gasteiger partial charge in [-0.1, -0.05) is 0 Å². The molecule has 2 amide bonds. The van der Waals surface area contributed by atoms with Gasteiger partial charge >= 0.3 is 0 Å². The number of aryl methyl sites for hydroxylation is 2. The van der Waals surface area contributed by atoms with Gasteiger partial charge in [0.15, 0.2) is 0 Å². The summed E-state index contributed by atoms with van der Waals surface area (Å²) in [6.07, 6.45) is 1.64. The number of morpholine rings is 1. The van der Waals surface area contributed by atoms with Crippen molar-refractivity contribution in [2.75, 3.05) is 52.6 Å². The topological polar surface area (TPSA) is 72.2 Å². The first-order valence-corrected chi connectivity index (χ1v) is 9.81. The van der Waals surface area contributed by atoms with Gasteiger partial charge in [-0.25, -0.2) is 0 Å². The first-order valence-electron chi connectivity index (χ1n) is 9.81. The van der Waals surface area contributed by atoms with Crippen molar-refractivity contribution in [3.8, 4) is 0 Å². The molecule has 3 saturated heterocycles. The zero-order valence-corrected chi connectivity index (χ0v) is 16.2. The Morgan fingerprint density at radius 1 is 1.04 bits per heavy atom. The minimum absolute atomic E-state index is 0.0347. The maximum atomic E-state index is 13.3. The van der Waals surface area contributed by atoms with Crippen molar-refractivity contribution >= 4 is 11.8 Å². The number of carbonyl (C=O) groups excluding carboxylic acids is 2. The SMILES string of the molecule is Cc1cc(C(=O)N2CC(C(=O)N3CCOCC3)C3(CCOCC3)C2)c(C)o1. The molecule has 1 atom stereocenters. The number of amides is 2. The van der Waals surface area contributed by atoms with E-state index in [9.17, 15) is 9.59 Å². The third-order valence-corrected chi connectivity index (χ3v) is 6.32. The molecule has 4 rings (SSSR count). The molecule has 7 nitrogen and oxygen atoms in total. The molecular weight excluding hydrogens is 348 g/mol. The normalized spacial score (nSPS) is 25.2. The Kier molecular flexibility index (Phi) is 4.99. The van der Waals surface area contributed by atoms with E-state index in [4.69, 9.17) is 13.9 Å². The van der Waals surface area contributed by atoms with E-state index < -0.39 is 0 Å². The number of ether oxygens (including phenoxy) is 2. The lowest BCUT2D eigenvalue weighted by molar-refractivity contribution is -0.144. The molecule has 1 spiro atoms. The van der Waals surface area contributed by atoms with Gasteiger partial charge in [0.1, 0.15) is 11.5 Å². The molecule has 0 N–H and O–H groups in total. The lowest BCUT2D eigenvalue weighted by Crippen LogP contribution is -2.49. The average Bonchev–Trinajstić information content (AvgIpc) is 3.21. The number of carbonyl (C=O) groups is 2. The standard InChI is InChI=1S/C20H28N2O5/c1-14-11-16(15(2)27-14)18(23)22-12-17(19(24)21-5-9-26-10-6-21)20(13-22)3-7-25-8-4-20/h11,17H,3-10,12-13H2,1-2H3. The van der Waals surface area contributed by atoms with Crippen LogP contribution in [0.25, 0.3) is 0 Å². The van der Waals surface area contributed by atoms with E-state index in [2.05, 4.69) is 0 Å². The van der Waals surface area contributed by atoms with E-state index in [1.807, 2.05) is 23.6 Å². The quantitative estimate of drug-likeness (QED) is 0.784. The number of nitrogens with zero attached hydrogens (tertiary/aromatic N) is 2. The summed E-state index contributed by atoms with van der Waals surface area (Å²) in [5, 5.41) is 0. The number of furan rings is 1. The van der Waals surface area contributed by atoms with Crippen LogP contribution in [-0.4, -0.2) is 74.2 Å². The van der Waals surface area contributed by atoms with Gasteiger partial charge in [0.2, 0.25) is 5.91 Å². The van der Waals surface area contributed by atoms with E-state index in [-0.39, 0.29) is 23.1 Å². The van der Waals surface area contributed by atoms with Crippen LogP contribution >= 0.6 is 0 Å². The molecule has 0 aromatic carbocycles. The predicted molar refractivity (Wildman–Crippen MR) is 97.5 cm³/mol. The van der Waals surface area contributed by atoms with Crippen molar-refractivity contribution in [2.45, 2.75) is 26.7 Å². The smallest absolute Gasteiger partial charge is 0.257 e. The van der Waals surface area contributed by atoms with Crippen LogP contribution < -0.4 is 0 Å². The highest BCUT2D eigenvalue weighted by Gasteiger charge is 2.53. The Hall–Kier alpha value is -1.86. The van der Waals surface area contributed by atoms with Crippen molar-refractivity contribution in [1.82, 2.24) is 9.80 Å². The predicted octanol–water partition coefficient (Wildman–Crippen LogP) is 1.62. The van der Waals surface area contributed by atoms with Crippen molar-refractivity contribution in [2.24, 2.45) is 11.3 Å². The minimum Gasteiger partial charge on any atom is -0.466 e. The molecule has 4 heterocycles. The maximum absolute atomic E-state index is 13.3. The van der Waals surface area contributed by atoms with E-state index in [1.165, 1.54) is 0 Å². The summed E-state index contributed by atoms with van der Waals surface area (Å²) in [5.74, 6) is 1.33. The molecule has 148 valence electrons. The fraction of sp³-hybridized carbons (Fsp3) is 0.700. The second-order valence-electron chi connectivity index (χ2n) is 7.98. The lowest BCUT2D eigenvalue weighted by Gasteiger charge is -2.39. The highest BCUT2D eigenvalue weighted by molar-refractivity contribution is 5.96. The molecule has 27 heavy (non-hydrogen) atoms. The number of hydrogen-bond donors (Lipinski definition) is 0. The molecule has 3 fully saturated rings. The van der Waals surface area contributed by atoms with Gasteiger partial charge in [0, 0.05) is 44.8 Å². The minimum atomic E-state index is -0.185. The van der Waals surface area contributed by atoms with Crippen molar-refractivity contribution in [1.29, 1.82) is 0 Å². The molecule has 1 unspecified atom stereocenters. The third kappa shape index (κ3) is 3.38. The number of rotatable bonds is 2. The van der Waals surface area contributed by atoms with Crippen LogP contribution in [0, 0.1) is 25.2 Å². The molecule has 0 radical (unpaired) electrons. The van der Waals surface area contributed by atoms with Gasteiger partial charge in [-0.2, -0.15) is 0 Å². The molecule has 0 aliphatic carbocycles. The molecule has 3 aliphatic rings. The summed E-state index contributed by atoms with van der Waals surface area (Å²) >= 11 is 0. The van der Waals surface area contributed by atoms with Crippen LogP contribution in [0.5, 0.6) is 0 Å². The lowest BCUT2D eigenvalue weighted by atomic mass is 9.71. The largest absolute Gasteiger partial charge is 0.466 e. The van der Waals surface area contributed by atoms with E-state index >= 15 is 0 Å². The third-order valence-electron chi connectivity index (χ3n) is 6.32. The van der Waals surface area contributed by atoms with Crippen LogP contribution in [-0.2, 0) is 14.3 Å². The van der Waals surface area contributed by atoms with Crippen molar-refractivity contribution in [3.63, 3.8) is 0 Å². The average molecular weight is 376 g/mol. The molecule has 1 aromatic heterocycles. The molecule has 7 heteroatoms. The fourth-order valence-electron chi connectivity index (χ4n) is 4.77. The second kappa shape index (κ2) is 7.28. The zero-order chi connectivity index (χ0) is 19.0. The highest BCUT2D eigenvalue weighted by Crippen LogP contribution is 2.45.